The smallest absolute Gasteiger partial charge is 0.387 e. The number of carbonyl (C=O) groups excluding carboxylic acids is 1. The predicted octanol–water partition coefficient (Wildman–Crippen LogP) is 3.85. The van der Waals surface area contributed by atoms with Gasteiger partial charge in [0.2, 0.25) is 0 Å². The lowest BCUT2D eigenvalue weighted by Crippen LogP contribution is -2.27. The molecule has 0 atom stereocenters. The Labute approximate surface area is 181 Å². The van der Waals surface area contributed by atoms with E-state index >= 15 is 0 Å². The van der Waals surface area contributed by atoms with Gasteiger partial charge >= 0.3 is 6.61 Å². The van der Waals surface area contributed by atoms with Gasteiger partial charge in [-0.15, -0.1) is 5.10 Å². The number of aromatic nitrogens is 4. The number of ether oxygens (including phenoxy) is 1. The van der Waals surface area contributed by atoms with Crippen molar-refractivity contribution in [2.75, 3.05) is 0 Å². The van der Waals surface area contributed by atoms with Crippen molar-refractivity contribution >= 4 is 17.7 Å². The summed E-state index contributed by atoms with van der Waals surface area (Å²) in [6.07, 6.45) is 2.96. The zero-order valence-corrected chi connectivity index (χ0v) is 16.6. The Morgan fingerprint density at radius 1 is 1.09 bits per heavy atom. The number of benzene rings is 2. The topological polar surface area (TPSA) is 95.1 Å². The molecule has 0 spiro atoms. The van der Waals surface area contributed by atoms with Crippen LogP contribution in [-0.2, 0) is 11.3 Å². The normalized spacial score (nSPS) is 11.5. The number of rotatable bonds is 8. The van der Waals surface area contributed by atoms with E-state index in [2.05, 4.69) is 25.6 Å². The van der Waals surface area contributed by atoms with Crippen LogP contribution in [0.1, 0.15) is 11.3 Å². The number of tetrazole rings is 1. The van der Waals surface area contributed by atoms with Gasteiger partial charge < -0.3 is 14.5 Å². The number of para-hydroxylation sites is 1. The number of amides is 1. The first-order valence-corrected chi connectivity index (χ1v) is 9.52. The minimum atomic E-state index is -2.98. The lowest BCUT2D eigenvalue weighted by atomic mass is 10.2. The van der Waals surface area contributed by atoms with Gasteiger partial charge in [-0.25, -0.2) is 0 Å². The van der Waals surface area contributed by atoms with Crippen molar-refractivity contribution in [3.63, 3.8) is 0 Å². The SMILES string of the molecule is O=C(NCc1ccccc1OC(F)F)/C(=C/c1ccco1)n1nnnc1-c1ccccc1. The molecule has 0 saturated carbocycles. The Kier molecular flexibility index (Phi) is 6.30. The standard InChI is InChI=1S/C22H17F2N5O3/c23-22(24)32-19-11-5-4-9-16(19)14-25-21(30)18(13-17-10-6-12-31-17)29-20(26-27-28-29)15-7-2-1-3-8-15/h1-13,22H,14H2,(H,25,30)/b18-13-. The molecule has 4 aromatic rings. The Morgan fingerprint density at radius 3 is 2.62 bits per heavy atom. The maximum atomic E-state index is 13.1. The summed E-state index contributed by atoms with van der Waals surface area (Å²) >= 11 is 0. The molecule has 0 fully saturated rings. The second-order valence-corrected chi connectivity index (χ2v) is 6.49. The third-order valence-electron chi connectivity index (χ3n) is 4.41. The number of nitrogens with zero attached hydrogens (tertiary/aromatic N) is 4. The molecule has 32 heavy (non-hydrogen) atoms. The molecule has 0 saturated heterocycles. The number of carbonyl (C=O) groups is 1. The van der Waals surface area contributed by atoms with Crippen LogP contribution in [-0.4, -0.2) is 32.7 Å². The summed E-state index contributed by atoms with van der Waals surface area (Å²) in [6.45, 7) is -3.03. The molecule has 10 heteroatoms. The lowest BCUT2D eigenvalue weighted by molar-refractivity contribution is -0.116. The number of hydrogen-bond donors (Lipinski definition) is 1. The van der Waals surface area contributed by atoms with E-state index in [0.29, 0.717) is 22.7 Å². The summed E-state index contributed by atoms with van der Waals surface area (Å²) in [6, 6.07) is 18.7. The van der Waals surface area contributed by atoms with Crippen LogP contribution in [0.2, 0.25) is 0 Å². The van der Waals surface area contributed by atoms with Crippen molar-refractivity contribution in [3.8, 4) is 17.1 Å². The van der Waals surface area contributed by atoms with Crippen LogP contribution >= 0.6 is 0 Å². The van der Waals surface area contributed by atoms with E-state index in [0.717, 1.165) is 0 Å². The number of nitrogens with one attached hydrogen (secondary N) is 1. The second-order valence-electron chi connectivity index (χ2n) is 6.49. The maximum Gasteiger partial charge on any atom is 0.387 e. The number of alkyl halides is 2. The van der Waals surface area contributed by atoms with Gasteiger partial charge in [-0.3, -0.25) is 4.79 Å². The molecule has 1 N–H and O–H groups in total. The molecule has 0 aliphatic heterocycles. The number of furan rings is 1. The van der Waals surface area contributed by atoms with Crippen molar-refractivity contribution in [3.05, 3.63) is 84.3 Å². The number of hydrogen-bond acceptors (Lipinski definition) is 6. The zero-order valence-electron chi connectivity index (χ0n) is 16.6. The molecular formula is C22H17F2N5O3. The predicted molar refractivity (Wildman–Crippen MR) is 111 cm³/mol. The van der Waals surface area contributed by atoms with Crippen LogP contribution in [0.25, 0.3) is 23.2 Å². The van der Waals surface area contributed by atoms with E-state index in [4.69, 9.17) is 4.42 Å². The zero-order chi connectivity index (χ0) is 22.3. The molecule has 0 bridgehead atoms. The van der Waals surface area contributed by atoms with Crippen LogP contribution in [0.5, 0.6) is 5.75 Å². The molecule has 0 aliphatic rings. The van der Waals surface area contributed by atoms with Crippen LogP contribution in [0.3, 0.4) is 0 Å². The van der Waals surface area contributed by atoms with Gasteiger partial charge in [0.15, 0.2) is 5.82 Å². The Hall–Kier alpha value is -4.34. The summed E-state index contributed by atoms with van der Waals surface area (Å²) < 4.78 is 36.5. The molecule has 2 aromatic heterocycles. The quantitative estimate of drug-likeness (QED) is 0.421. The molecule has 0 radical (unpaired) electrons. The third kappa shape index (κ3) is 4.86. The highest BCUT2D eigenvalue weighted by molar-refractivity contribution is 6.18. The molecule has 8 nitrogen and oxygen atoms in total. The van der Waals surface area contributed by atoms with E-state index in [1.165, 1.54) is 23.1 Å². The van der Waals surface area contributed by atoms with Crippen molar-refractivity contribution in [1.82, 2.24) is 25.5 Å². The Bertz CT molecular complexity index is 1210. The largest absolute Gasteiger partial charge is 0.465 e. The van der Waals surface area contributed by atoms with Gasteiger partial charge in [-0.2, -0.15) is 13.5 Å². The average molecular weight is 437 g/mol. The van der Waals surface area contributed by atoms with Gasteiger partial charge in [0.25, 0.3) is 5.91 Å². The first-order valence-electron chi connectivity index (χ1n) is 9.52. The third-order valence-corrected chi connectivity index (χ3v) is 4.41. The summed E-state index contributed by atoms with van der Waals surface area (Å²) in [5.74, 6) is 0.190. The van der Waals surface area contributed by atoms with Gasteiger partial charge in [0.05, 0.1) is 6.26 Å². The fraction of sp³-hybridized carbons (Fsp3) is 0.0909. The van der Waals surface area contributed by atoms with Crippen molar-refractivity contribution < 1.29 is 22.7 Å². The highest BCUT2D eigenvalue weighted by Crippen LogP contribution is 2.22. The minimum absolute atomic E-state index is 0.0215. The van der Waals surface area contributed by atoms with Crippen LogP contribution < -0.4 is 10.1 Å². The average Bonchev–Trinajstić information content (AvgIpc) is 3.49. The summed E-state index contributed by atoms with van der Waals surface area (Å²) in [7, 11) is 0. The van der Waals surface area contributed by atoms with Gasteiger partial charge in [-0.05, 0) is 28.6 Å². The summed E-state index contributed by atoms with van der Waals surface area (Å²) in [5, 5.41) is 14.4. The minimum Gasteiger partial charge on any atom is -0.465 e. The maximum absolute atomic E-state index is 13.1. The van der Waals surface area contributed by atoms with Gasteiger partial charge in [0.1, 0.15) is 17.2 Å². The molecule has 0 aliphatic carbocycles. The van der Waals surface area contributed by atoms with Crippen LogP contribution in [0.4, 0.5) is 8.78 Å². The Morgan fingerprint density at radius 2 is 1.88 bits per heavy atom. The molecule has 2 aromatic carbocycles. The van der Waals surface area contributed by atoms with Crippen molar-refractivity contribution in [2.45, 2.75) is 13.2 Å². The molecule has 1 amide bonds. The molecule has 162 valence electrons. The molecular weight excluding hydrogens is 420 g/mol. The second kappa shape index (κ2) is 9.65. The number of halogens is 2. The molecule has 4 rings (SSSR count). The fourth-order valence-corrected chi connectivity index (χ4v) is 2.97. The molecule has 2 heterocycles. The van der Waals surface area contributed by atoms with Crippen LogP contribution in [0, 0.1) is 0 Å². The summed E-state index contributed by atoms with van der Waals surface area (Å²) in [4.78, 5) is 13.1. The van der Waals surface area contributed by atoms with E-state index in [1.54, 1.807) is 30.3 Å². The Balaban J connectivity index is 1.64. The van der Waals surface area contributed by atoms with E-state index in [1.807, 2.05) is 30.3 Å². The van der Waals surface area contributed by atoms with Crippen molar-refractivity contribution in [1.29, 1.82) is 0 Å². The van der Waals surface area contributed by atoms with E-state index < -0.39 is 12.5 Å². The lowest BCUT2D eigenvalue weighted by Gasteiger charge is -2.13. The van der Waals surface area contributed by atoms with Crippen LogP contribution in [0.15, 0.2) is 77.4 Å². The fourth-order valence-electron chi connectivity index (χ4n) is 2.97. The highest BCUT2D eigenvalue weighted by atomic mass is 19.3. The first kappa shape index (κ1) is 20.9. The van der Waals surface area contributed by atoms with Gasteiger partial charge in [-0.1, -0.05) is 48.5 Å². The van der Waals surface area contributed by atoms with E-state index in [9.17, 15) is 13.6 Å². The molecule has 0 unspecified atom stereocenters. The van der Waals surface area contributed by atoms with E-state index in [-0.39, 0.29) is 18.0 Å². The summed E-state index contributed by atoms with van der Waals surface area (Å²) in [5.41, 5.74) is 1.17. The highest BCUT2D eigenvalue weighted by Gasteiger charge is 2.20. The monoisotopic (exact) mass is 437 g/mol. The first-order chi connectivity index (χ1) is 15.6. The van der Waals surface area contributed by atoms with Crippen molar-refractivity contribution in [2.24, 2.45) is 0 Å². The van der Waals surface area contributed by atoms with Gasteiger partial charge in [0, 0.05) is 23.7 Å².